The molecule has 0 saturated carbocycles. The molecule has 0 N–H and O–H groups in total. The molecule has 1 heteroatoms. The number of nitrogens with zero attached hydrogens (tertiary/aromatic N) is 1. The van der Waals surface area contributed by atoms with Crippen LogP contribution in [0.4, 0.5) is 0 Å². The Morgan fingerprint density at radius 2 is 1.36 bits per heavy atom. The molecule has 28 heavy (non-hydrogen) atoms. The molecule has 2 aromatic rings. The molecule has 1 aromatic carbocycles. The summed E-state index contributed by atoms with van der Waals surface area (Å²) >= 11 is 0. The molecule has 1 aliphatic heterocycles. The minimum atomic E-state index is -0.0361. The molecule has 0 spiro atoms. The van der Waals surface area contributed by atoms with E-state index in [1.165, 1.54) is 33.5 Å². The average Bonchev–Trinajstić information content (AvgIpc) is 2.77. The highest BCUT2D eigenvalue weighted by atomic mass is 15.1. The van der Waals surface area contributed by atoms with Gasteiger partial charge in [-0.3, -0.25) is 0 Å². The quantitative estimate of drug-likeness (QED) is 0.510. The monoisotopic (exact) mass is 374 g/mol. The zero-order valence-corrected chi connectivity index (χ0v) is 19.0. The Hall–Kier alpha value is -1.89. The SMILES string of the molecule is C=C1c2cc3c(cc2-c2cccc[n+]2C1(CC)CC)C(C)(C)C(C)(C)C3(C)C. The number of hydrogen-bond donors (Lipinski definition) is 0. The van der Waals surface area contributed by atoms with Crippen LogP contribution in [0.2, 0.25) is 0 Å². The number of pyridine rings is 1. The molecule has 0 atom stereocenters. The van der Waals surface area contributed by atoms with E-state index in [4.69, 9.17) is 0 Å². The Balaban J connectivity index is 2.10. The van der Waals surface area contributed by atoms with Gasteiger partial charge in [0.2, 0.25) is 5.69 Å². The average molecular weight is 375 g/mol. The first kappa shape index (κ1) is 19.4. The van der Waals surface area contributed by atoms with E-state index in [0.29, 0.717) is 0 Å². The fraction of sp³-hybridized carbons (Fsp3) is 0.519. The third-order valence-electron chi connectivity index (χ3n) is 9.28. The molecule has 0 saturated heterocycles. The van der Waals surface area contributed by atoms with Gasteiger partial charge in [-0.15, -0.1) is 0 Å². The van der Waals surface area contributed by atoms with Crippen molar-refractivity contribution < 1.29 is 4.57 Å². The van der Waals surface area contributed by atoms with E-state index in [-0.39, 0.29) is 21.8 Å². The van der Waals surface area contributed by atoms with E-state index in [2.05, 4.69) is 103 Å². The lowest BCUT2D eigenvalue weighted by Crippen LogP contribution is -2.59. The Kier molecular flexibility index (Phi) is 3.88. The Labute approximate surface area is 171 Å². The van der Waals surface area contributed by atoms with Crippen LogP contribution in [0.15, 0.2) is 43.1 Å². The van der Waals surface area contributed by atoms with Gasteiger partial charge in [0.05, 0.1) is 5.56 Å². The Morgan fingerprint density at radius 3 is 1.89 bits per heavy atom. The molecule has 148 valence electrons. The lowest BCUT2D eigenvalue weighted by Gasteiger charge is -2.44. The van der Waals surface area contributed by atoms with Crippen LogP contribution in [0.1, 0.15) is 84.9 Å². The van der Waals surface area contributed by atoms with E-state index in [9.17, 15) is 0 Å². The van der Waals surface area contributed by atoms with Gasteiger partial charge < -0.3 is 0 Å². The molecule has 0 unspecified atom stereocenters. The van der Waals surface area contributed by atoms with Crippen molar-refractivity contribution in [2.24, 2.45) is 5.41 Å². The summed E-state index contributed by atoms with van der Waals surface area (Å²) in [6.07, 6.45) is 4.37. The summed E-state index contributed by atoms with van der Waals surface area (Å²) in [5.74, 6) is 0. The van der Waals surface area contributed by atoms with Crippen molar-refractivity contribution in [3.05, 3.63) is 59.8 Å². The van der Waals surface area contributed by atoms with E-state index in [1.54, 1.807) is 0 Å². The van der Waals surface area contributed by atoms with Gasteiger partial charge in [-0.05, 0) is 51.1 Å². The maximum absolute atomic E-state index is 4.67. The van der Waals surface area contributed by atoms with Crippen LogP contribution in [0.3, 0.4) is 0 Å². The van der Waals surface area contributed by atoms with Crippen LogP contribution in [0, 0.1) is 5.41 Å². The van der Waals surface area contributed by atoms with Crippen LogP contribution in [0.5, 0.6) is 0 Å². The summed E-state index contributed by atoms with van der Waals surface area (Å²) < 4.78 is 2.49. The van der Waals surface area contributed by atoms with E-state index >= 15 is 0 Å². The topological polar surface area (TPSA) is 3.88 Å². The fourth-order valence-corrected chi connectivity index (χ4v) is 6.00. The first-order chi connectivity index (χ1) is 13.0. The fourth-order valence-electron chi connectivity index (χ4n) is 6.00. The molecular formula is C27H36N+. The number of fused-ring (bicyclic) bond motifs is 4. The minimum absolute atomic E-state index is 0.0361. The smallest absolute Gasteiger partial charge is 0.189 e. The van der Waals surface area contributed by atoms with Crippen molar-refractivity contribution in [2.45, 2.75) is 84.6 Å². The summed E-state index contributed by atoms with van der Waals surface area (Å²) in [5, 5.41) is 0. The first-order valence-electron chi connectivity index (χ1n) is 10.9. The largest absolute Gasteiger partial charge is 0.213 e. The van der Waals surface area contributed by atoms with E-state index in [1.807, 2.05) is 0 Å². The van der Waals surface area contributed by atoms with Crippen molar-refractivity contribution in [2.75, 3.05) is 0 Å². The molecule has 1 aliphatic carbocycles. The number of benzene rings is 1. The van der Waals surface area contributed by atoms with Gasteiger partial charge in [0.1, 0.15) is 0 Å². The van der Waals surface area contributed by atoms with Crippen LogP contribution < -0.4 is 4.57 Å². The highest BCUT2D eigenvalue weighted by molar-refractivity contribution is 5.84. The highest BCUT2D eigenvalue weighted by Crippen LogP contribution is 2.62. The summed E-state index contributed by atoms with van der Waals surface area (Å²) in [7, 11) is 0. The van der Waals surface area contributed by atoms with Crippen LogP contribution in [0.25, 0.3) is 16.8 Å². The van der Waals surface area contributed by atoms with Crippen molar-refractivity contribution >= 4 is 5.57 Å². The van der Waals surface area contributed by atoms with Crippen LogP contribution in [-0.2, 0) is 16.4 Å². The zero-order valence-electron chi connectivity index (χ0n) is 19.0. The van der Waals surface area contributed by atoms with Gasteiger partial charge in [-0.25, -0.2) is 0 Å². The summed E-state index contributed by atoms with van der Waals surface area (Å²) in [4.78, 5) is 0. The molecule has 0 fully saturated rings. The molecule has 1 aromatic heterocycles. The summed E-state index contributed by atoms with van der Waals surface area (Å²) in [6.45, 7) is 23.8. The van der Waals surface area contributed by atoms with Gasteiger partial charge in [-0.1, -0.05) is 62.0 Å². The van der Waals surface area contributed by atoms with Crippen LogP contribution >= 0.6 is 0 Å². The lowest BCUT2D eigenvalue weighted by molar-refractivity contribution is -0.741. The van der Waals surface area contributed by atoms with Crippen molar-refractivity contribution in [1.82, 2.24) is 0 Å². The van der Waals surface area contributed by atoms with Crippen molar-refractivity contribution in [1.29, 1.82) is 0 Å². The maximum Gasteiger partial charge on any atom is 0.213 e. The molecule has 1 nitrogen and oxygen atoms in total. The number of hydrogen-bond acceptors (Lipinski definition) is 0. The number of aromatic nitrogens is 1. The van der Waals surface area contributed by atoms with Crippen molar-refractivity contribution in [3.8, 4) is 11.3 Å². The first-order valence-corrected chi connectivity index (χ1v) is 10.9. The standard InChI is InChI=1S/C27H36N/c1-10-27(11-2)18(3)19-16-21-22(25(6,7)26(8,9)24(21,4)5)17-20(19)23-14-12-13-15-28(23)27/h12-17H,3,10-11H2,1-2,4-9H3/q+1. The van der Waals surface area contributed by atoms with Gasteiger partial charge in [0.15, 0.2) is 11.7 Å². The van der Waals surface area contributed by atoms with E-state index in [0.717, 1.165) is 12.8 Å². The normalized spacial score (nSPS) is 22.4. The third kappa shape index (κ3) is 1.96. The number of allylic oxidation sites excluding steroid dienone is 1. The molecule has 4 rings (SSSR count). The predicted octanol–water partition coefficient (Wildman–Crippen LogP) is 6.78. The van der Waals surface area contributed by atoms with Gasteiger partial charge in [-0.2, -0.15) is 4.57 Å². The number of rotatable bonds is 2. The second kappa shape index (κ2) is 5.59. The molecule has 2 heterocycles. The molecule has 2 aliphatic rings. The van der Waals surface area contributed by atoms with Gasteiger partial charge >= 0.3 is 0 Å². The van der Waals surface area contributed by atoms with Crippen molar-refractivity contribution in [3.63, 3.8) is 0 Å². The molecular weight excluding hydrogens is 338 g/mol. The minimum Gasteiger partial charge on any atom is -0.189 e. The molecule has 0 radical (unpaired) electrons. The highest BCUT2D eigenvalue weighted by Gasteiger charge is 2.58. The Morgan fingerprint density at radius 1 is 0.821 bits per heavy atom. The van der Waals surface area contributed by atoms with Gasteiger partial charge in [0, 0.05) is 30.5 Å². The zero-order chi connectivity index (χ0) is 20.7. The summed E-state index contributed by atoms with van der Waals surface area (Å²) in [5.41, 5.74) is 8.69. The van der Waals surface area contributed by atoms with Gasteiger partial charge in [0.25, 0.3) is 0 Å². The van der Waals surface area contributed by atoms with E-state index < -0.39 is 0 Å². The Bertz CT molecular complexity index is 983. The maximum atomic E-state index is 4.67. The molecule has 0 bridgehead atoms. The lowest BCUT2D eigenvalue weighted by atomic mass is 9.59. The second-order valence-electron chi connectivity index (χ2n) is 10.5. The molecule has 0 amide bonds. The second-order valence-corrected chi connectivity index (χ2v) is 10.5. The van der Waals surface area contributed by atoms with Crippen LogP contribution in [-0.4, -0.2) is 0 Å². The third-order valence-corrected chi connectivity index (χ3v) is 9.28. The predicted molar refractivity (Wildman–Crippen MR) is 119 cm³/mol. The summed E-state index contributed by atoms with van der Waals surface area (Å²) in [6, 6.07) is 11.6.